The largest absolute Gasteiger partial charge is 0.423 e. The molecule has 1 aromatic heterocycles. The van der Waals surface area contributed by atoms with E-state index in [1.54, 1.807) is 0 Å². The summed E-state index contributed by atoms with van der Waals surface area (Å²) in [7, 11) is 2.23. The number of fused-ring (bicyclic) bond motifs is 3. The summed E-state index contributed by atoms with van der Waals surface area (Å²) in [6.07, 6.45) is 9.13. The Bertz CT molecular complexity index is 1150. The summed E-state index contributed by atoms with van der Waals surface area (Å²) < 4.78 is 6.23. The average molecular weight is 523 g/mol. The lowest BCUT2D eigenvalue weighted by molar-refractivity contribution is 0.0463. The topological polar surface area (TPSA) is 85.2 Å². The summed E-state index contributed by atoms with van der Waals surface area (Å²) in [4.78, 5) is 40.1. The molecule has 4 atom stereocenters. The van der Waals surface area contributed by atoms with Crippen molar-refractivity contribution in [2.75, 3.05) is 38.1 Å². The first-order valence-electron chi connectivity index (χ1n) is 14.6. The fourth-order valence-corrected chi connectivity index (χ4v) is 7.37. The molecule has 6 rings (SSSR count). The number of carbonyl (C=O) groups excluding carboxylic acids is 2. The van der Waals surface area contributed by atoms with Crippen LogP contribution in [0.3, 0.4) is 0 Å². The number of piperazine rings is 1. The number of amides is 3. The number of benzene rings is 1. The fraction of sp³-hybridized carbons (Fsp3) is 0.690. The molecule has 2 unspecified atom stereocenters. The van der Waals surface area contributed by atoms with Crippen molar-refractivity contribution in [1.29, 1.82) is 0 Å². The summed E-state index contributed by atoms with van der Waals surface area (Å²) in [6, 6.07) is 7.70. The number of carbonyl (C=O) groups is 2. The van der Waals surface area contributed by atoms with E-state index in [0.717, 1.165) is 38.8 Å². The highest BCUT2D eigenvalue weighted by Gasteiger charge is 2.38. The van der Waals surface area contributed by atoms with Gasteiger partial charge in [0.05, 0.1) is 5.56 Å². The number of hydrogen-bond acceptors (Lipinski definition) is 6. The van der Waals surface area contributed by atoms with Crippen molar-refractivity contribution in [3.8, 4) is 0 Å². The van der Waals surface area contributed by atoms with Gasteiger partial charge in [-0.25, -0.2) is 4.79 Å². The van der Waals surface area contributed by atoms with Crippen LogP contribution in [0.25, 0.3) is 11.1 Å². The first-order valence-corrected chi connectivity index (χ1v) is 14.6. The number of rotatable bonds is 3. The van der Waals surface area contributed by atoms with Gasteiger partial charge in [0.25, 0.3) is 11.9 Å². The molecule has 4 fully saturated rings. The van der Waals surface area contributed by atoms with Gasteiger partial charge in [-0.1, -0.05) is 12.5 Å². The van der Waals surface area contributed by atoms with Gasteiger partial charge >= 0.3 is 6.03 Å². The molecule has 2 aromatic rings. The van der Waals surface area contributed by atoms with Crippen LogP contribution in [0.1, 0.15) is 75.6 Å². The Morgan fingerprint density at radius 2 is 1.63 bits per heavy atom. The van der Waals surface area contributed by atoms with Gasteiger partial charge in [0.2, 0.25) is 0 Å². The predicted octanol–water partition coefficient (Wildman–Crippen LogP) is 4.08. The molecular weight excluding hydrogens is 480 g/mol. The predicted molar refractivity (Wildman–Crippen MR) is 147 cm³/mol. The van der Waals surface area contributed by atoms with E-state index in [4.69, 9.17) is 9.40 Å². The van der Waals surface area contributed by atoms with E-state index in [9.17, 15) is 9.59 Å². The molecule has 4 saturated heterocycles. The van der Waals surface area contributed by atoms with Crippen LogP contribution < -0.4 is 10.2 Å². The number of nitrogens with one attached hydrogen (secondary N) is 1. The normalized spacial score (nSPS) is 30.5. The molecule has 4 aliphatic rings. The molecular formula is C29H42N6O3. The van der Waals surface area contributed by atoms with E-state index in [0.29, 0.717) is 47.9 Å². The van der Waals surface area contributed by atoms with E-state index in [1.165, 1.54) is 25.7 Å². The Hall–Kier alpha value is -2.81. The number of piperidine rings is 3. The molecule has 4 aliphatic heterocycles. The summed E-state index contributed by atoms with van der Waals surface area (Å²) in [5.74, 6) is -0.0684. The average Bonchev–Trinajstić information content (AvgIpc) is 3.32. The molecule has 2 bridgehead atoms. The first kappa shape index (κ1) is 25.5. The third-order valence-electron chi connectivity index (χ3n) is 9.36. The van der Waals surface area contributed by atoms with Crippen LogP contribution in [-0.2, 0) is 0 Å². The Morgan fingerprint density at radius 3 is 2.32 bits per heavy atom. The van der Waals surface area contributed by atoms with Gasteiger partial charge in [-0.3, -0.25) is 4.79 Å². The van der Waals surface area contributed by atoms with Gasteiger partial charge in [0.15, 0.2) is 5.58 Å². The van der Waals surface area contributed by atoms with Gasteiger partial charge in [-0.2, -0.15) is 4.98 Å². The molecule has 0 spiro atoms. The van der Waals surface area contributed by atoms with Crippen molar-refractivity contribution in [2.45, 2.75) is 95.4 Å². The molecule has 3 amide bonds. The molecule has 1 aromatic carbocycles. The number of hydrogen-bond donors (Lipinski definition) is 1. The van der Waals surface area contributed by atoms with Crippen molar-refractivity contribution >= 4 is 29.1 Å². The molecule has 0 saturated carbocycles. The molecule has 38 heavy (non-hydrogen) atoms. The molecule has 9 nitrogen and oxygen atoms in total. The minimum absolute atomic E-state index is 0.0523. The van der Waals surface area contributed by atoms with Crippen molar-refractivity contribution in [3.63, 3.8) is 0 Å². The maximum absolute atomic E-state index is 13.4. The number of nitrogens with zero attached hydrogens (tertiary/aromatic N) is 5. The van der Waals surface area contributed by atoms with E-state index < -0.39 is 0 Å². The Kier molecular flexibility index (Phi) is 6.97. The Balaban J connectivity index is 1.17. The minimum Gasteiger partial charge on any atom is -0.423 e. The molecule has 0 aliphatic carbocycles. The van der Waals surface area contributed by atoms with E-state index in [2.05, 4.69) is 36.0 Å². The van der Waals surface area contributed by atoms with Gasteiger partial charge in [-0.05, 0) is 78.0 Å². The second-order valence-corrected chi connectivity index (χ2v) is 12.0. The lowest BCUT2D eigenvalue weighted by Crippen LogP contribution is -2.60. The van der Waals surface area contributed by atoms with Gasteiger partial charge < -0.3 is 29.3 Å². The third kappa shape index (κ3) is 4.74. The quantitative estimate of drug-likeness (QED) is 0.654. The second-order valence-electron chi connectivity index (χ2n) is 12.0. The SMILES string of the molecule is C[C@H]1CN(C(=O)N2CCCCC2)C[C@H](C)N1c1nc2c(C(=O)NC3CC4CCCC(C3)N4C)cccc2o1. The monoisotopic (exact) mass is 522 g/mol. The summed E-state index contributed by atoms with van der Waals surface area (Å²) in [6.45, 7) is 7.21. The molecule has 9 heteroatoms. The fourth-order valence-electron chi connectivity index (χ4n) is 7.37. The van der Waals surface area contributed by atoms with E-state index >= 15 is 0 Å². The molecule has 206 valence electrons. The summed E-state index contributed by atoms with van der Waals surface area (Å²) in [5, 5.41) is 3.32. The van der Waals surface area contributed by atoms with Gasteiger partial charge in [0, 0.05) is 56.4 Å². The van der Waals surface area contributed by atoms with Crippen LogP contribution in [0.15, 0.2) is 22.6 Å². The van der Waals surface area contributed by atoms with Crippen LogP contribution >= 0.6 is 0 Å². The number of aromatic nitrogens is 1. The zero-order valence-corrected chi connectivity index (χ0v) is 23.1. The van der Waals surface area contributed by atoms with Crippen LogP contribution in [0, 0.1) is 0 Å². The second kappa shape index (κ2) is 10.4. The maximum Gasteiger partial charge on any atom is 0.320 e. The van der Waals surface area contributed by atoms with Crippen molar-refractivity contribution in [1.82, 2.24) is 25.0 Å². The Morgan fingerprint density at radius 1 is 0.947 bits per heavy atom. The van der Waals surface area contributed by atoms with Crippen molar-refractivity contribution in [2.24, 2.45) is 0 Å². The van der Waals surface area contributed by atoms with Crippen LogP contribution in [0.5, 0.6) is 0 Å². The zero-order chi connectivity index (χ0) is 26.4. The Labute approximate surface area is 225 Å². The number of anilines is 1. The van der Waals surface area contributed by atoms with Crippen LogP contribution in [0.4, 0.5) is 10.8 Å². The standard InChI is InChI=1S/C29H42N6O3/c1-19-17-34(29(37)33-13-5-4-6-14-33)18-20(2)35(19)28-31-26-24(11-8-12-25(26)38-28)27(36)30-21-15-22-9-7-10-23(16-21)32(22)3/h8,11-12,19-23H,4-7,9-10,13-18H2,1-3H3,(H,30,36)/t19-,20-,21?,22?,23?/m0/s1. The number of likely N-dealkylation sites (tertiary alicyclic amines) is 1. The molecule has 0 radical (unpaired) electrons. The van der Waals surface area contributed by atoms with Crippen molar-refractivity contribution in [3.05, 3.63) is 23.8 Å². The highest BCUT2D eigenvalue weighted by Crippen LogP contribution is 2.34. The van der Waals surface area contributed by atoms with Crippen LogP contribution in [0.2, 0.25) is 0 Å². The highest BCUT2D eigenvalue weighted by molar-refractivity contribution is 6.04. The lowest BCUT2D eigenvalue weighted by atomic mass is 9.82. The van der Waals surface area contributed by atoms with Gasteiger partial charge in [-0.15, -0.1) is 0 Å². The zero-order valence-electron chi connectivity index (χ0n) is 23.1. The smallest absolute Gasteiger partial charge is 0.320 e. The number of oxazole rings is 1. The molecule has 1 N–H and O–H groups in total. The third-order valence-corrected chi connectivity index (χ3v) is 9.36. The highest BCUT2D eigenvalue weighted by atomic mass is 16.4. The number of urea groups is 1. The van der Waals surface area contributed by atoms with Crippen LogP contribution in [-0.4, -0.2) is 95.1 Å². The van der Waals surface area contributed by atoms with Gasteiger partial charge in [0.1, 0.15) is 5.52 Å². The summed E-state index contributed by atoms with van der Waals surface area (Å²) >= 11 is 0. The van der Waals surface area contributed by atoms with E-state index in [1.807, 2.05) is 28.0 Å². The molecule has 5 heterocycles. The van der Waals surface area contributed by atoms with E-state index in [-0.39, 0.29) is 30.1 Å². The minimum atomic E-state index is -0.0684. The van der Waals surface area contributed by atoms with Crippen molar-refractivity contribution < 1.29 is 14.0 Å². The maximum atomic E-state index is 13.4. The number of para-hydroxylation sites is 1. The summed E-state index contributed by atoms with van der Waals surface area (Å²) in [5.41, 5.74) is 1.80. The lowest BCUT2D eigenvalue weighted by Gasteiger charge is -2.47. The first-order chi connectivity index (χ1) is 18.4.